The average molecular weight is 463 g/mol. The molecular weight excluding hydrogens is 447 g/mol. The Labute approximate surface area is 160 Å². The zero-order valence-corrected chi connectivity index (χ0v) is 15.3. The molecule has 2 aromatic carbocycles. The van der Waals surface area contributed by atoms with Crippen LogP contribution >= 0.6 is 24.0 Å². The monoisotopic (exact) mass is 463 g/mol. The van der Waals surface area contributed by atoms with Gasteiger partial charge in [-0.15, -0.1) is 24.0 Å². The molecule has 0 saturated carbocycles. The molecule has 3 rings (SSSR count). The van der Waals surface area contributed by atoms with E-state index in [1.54, 1.807) is 6.07 Å². The highest BCUT2D eigenvalue weighted by atomic mass is 127. The number of para-hydroxylation sites is 1. The first-order valence-electron chi connectivity index (χ1n) is 7.11. The number of alkyl halides is 2. The van der Waals surface area contributed by atoms with E-state index in [0.717, 1.165) is 5.69 Å². The van der Waals surface area contributed by atoms with E-state index < -0.39 is 6.61 Å². The summed E-state index contributed by atoms with van der Waals surface area (Å²) in [4.78, 5) is 4.15. The van der Waals surface area contributed by atoms with E-state index in [4.69, 9.17) is 15.2 Å². The van der Waals surface area contributed by atoms with Crippen LogP contribution in [0.25, 0.3) is 0 Å². The van der Waals surface area contributed by atoms with Gasteiger partial charge < -0.3 is 25.3 Å². The third-order valence-electron chi connectivity index (χ3n) is 3.24. The Morgan fingerprint density at radius 2 is 1.88 bits per heavy atom. The fourth-order valence-corrected chi connectivity index (χ4v) is 2.17. The topological polar surface area (TPSA) is 78.1 Å². The molecule has 0 bridgehead atoms. The molecule has 0 saturated heterocycles. The number of aliphatic imine (C=N–C) groups is 1. The Balaban J connectivity index is 0.00000225. The number of hydrogen-bond donors (Lipinski definition) is 2. The Kier molecular flexibility index (Phi) is 6.62. The second-order valence-corrected chi connectivity index (χ2v) is 4.88. The van der Waals surface area contributed by atoms with Gasteiger partial charge in [0.2, 0.25) is 6.79 Å². The fourth-order valence-electron chi connectivity index (χ4n) is 2.17. The van der Waals surface area contributed by atoms with Crippen molar-refractivity contribution in [2.24, 2.45) is 10.7 Å². The van der Waals surface area contributed by atoms with Gasteiger partial charge in [0, 0.05) is 17.3 Å². The summed E-state index contributed by atoms with van der Waals surface area (Å²) in [6.07, 6.45) is 0. The van der Waals surface area contributed by atoms with Crippen molar-refractivity contribution in [1.29, 1.82) is 0 Å². The van der Waals surface area contributed by atoms with Crippen LogP contribution in [0.4, 0.5) is 14.5 Å². The van der Waals surface area contributed by atoms with Gasteiger partial charge in [0.15, 0.2) is 17.5 Å². The van der Waals surface area contributed by atoms with Crippen molar-refractivity contribution in [2.45, 2.75) is 13.2 Å². The molecule has 0 aliphatic carbocycles. The number of fused-ring (bicyclic) bond motifs is 1. The van der Waals surface area contributed by atoms with Crippen molar-refractivity contribution >= 4 is 35.6 Å². The lowest BCUT2D eigenvalue weighted by Crippen LogP contribution is -2.22. The lowest BCUT2D eigenvalue weighted by molar-refractivity contribution is -0.0504. The van der Waals surface area contributed by atoms with Gasteiger partial charge in [-0.1, -0.05) is 18.2 Å². The summed E-state index contributed by atoms with van der Waals surface area (Å²) < 4.78 is 40.1. The molecule has 134 valence electrons. The molecular formula is C16H16F2IN3O3. The predicted molar refractivity (Wildman–Crippen MR) is 100 cm³/mol. The second kappa shape index (κ2) is 8.70. The van der Waals surface area contributed by atoms with Crippen LogP contribution in [0, 0.1) is 0 Å². The number of benzene rings is 2. The van der Waals surface area contributed by atoms with Crippen molar-refractivity contribution in [1.82, 2.24) is 0 Å². The summed E-state index contributed by atoms with van der Waals surface area (Å²) in [5.74, 6) is 0.942. The zero-order valence-electron chi connectivity index (χ0n) is 12.9. The van der Waals surface area contributed by atoms with E-state index in [-0.39, 0.29) is 49.0 Å². The largest absolute Gasteiger partial charge is 0.454 e. The van der Waals surface area contributed by atoms with Gasteiger partial charge in [-0.25, -0.2) is 4.99 Å². The molecule has 1 heterocycles. The van der Waals surface area contributed by atoms with Crippen LogP contribution in [0.5, 0.6) is 17.2 Å². The summed E-state index contributed by atoms with van der Waals surface area (Å²) in [6.45, 7) is -2.87. The van der Waals surface area contributed by atoms with Gasteiger partial charge >= 0.3 is 6.61 Å². The average Bonchev–Trinajstić information content (AvgIpc) is 3.00. The third-order valence-corrected chi connectivity index (χ3v) is 3.24. The highest BCUT2D eigenvalue weighted by molar-refractivity contribution is 14.0. The summed E-state index contributed by atoms with van der Waals surface area (Å²) in [5.41, 5.74) is 7.00. The van der Waals surface area contributed by atoms with Gasteiger partial charge in [-0.3, -0.25) is 0 Å². The highest BCUT2D eigenvalue weighted by Crippen LogP contribution is 2.39. The van der Waals surface area contributed by atoms with E-state index in [9.17, 15) is 8.78 Å². The maximum absolute atomic E-state index is 12.6. The van der Waals surface area contributed by atoms with Crippen LogP contribution in [-0.4, -0.2) is 19.4 Å². The predicted octanol–water partition coefficient (Wildman–Crippen LogP) is 3.56. The maximum atomic E-state index is 12.6. The normalized spacial score (nSPS) is 12.7. The smallest absolute Gasteiger partial charge is 0.387 e. The first-order chi connectivity index (χ1) is 11.6. The molecule has 9 heteroatoms. The number of guanidine groups is 1. The van der Waals surface area contributed by atoms with Crippen molar-refractivity contribution in [3.05, 3.63) is 48.0 Å². The van der Waals surface area contributed by atoms with Crippen molar-refractivity contribution < 1.29 is 23.0 Å². The summed E-state index contributed by atoms with van der Waals surface area (Å²) >= 11 is 0. The third kappa shape index (κ3) is 5.08. The summed E-state index contributed by atoms with van der Waals surface area (Å²) in [7, 11) is 0. The molecule has 0 atom stereocenters. The summed E-state index contributed by atoms with van der Waals surface area (Å²) in [5, 5.41) is 2.91. The van der Waals surface area contributed by atoms with Crippen LogP contribution in [0.1, 0.15) is 5.56 Å². The second-order valence-electron chi connectivity index (χ2n) is 4.88. The SMILES string of the molecule is I.NC(=NCc1cc2c(cc1OC(F)F)OCO2)Nc1ccccc1. The molecule has 6 nitrogen and oxygen atoms in total. The molecule has 0 fully saturated rings. The van der Waals surface area contributed by atoms with E-state index >= 15 is 0 Å². The van der Waals surface area contributed by atoms with Gasteiger partial charge in [-0.2, -0.15) is 8.78 Å². The lowest BCUT2D eigenvalue weighted by atomic mass is 10.1. The van der Waals surface area contributed by atoms with Crippen LogP contribution in [0.2, 0.25) is 0 Å². The molecule has 1 aliphatic rings. The molecule has 2 aromatic rings. The molecule has 1 aliphatic heterocycles. The molecule has 25 heavy (non-hydrogen) atoms. The molecule has 0 unspecified atom stereocenters. The van der Waals surface area contributed by atoms with Gasteiger partial charge in [-0.05, 0) is 18.2 Å². The maximum Gasteiger partial charge on any atom is 0.387 e. The van der Waals surface area contributed by atoms with E-state index in [2.05, 4.69) is 15.0 Å². The van der Waals surface area contributed by atoms with E-state index in [1.165, 1.54) is 6.07 Å². The first-order valence-corrected chi connectivity index (χ1v) is 7.11. The first kappa shape index (κ1) is 19.0. The van der Waals surface area contributed by atoms with E-state index in [1.807, 2.05) is 30.3 Å². The molecule has 3 N–H and O–H groups in total. The number of hydrogen-bond acceptors (Lipinski definition) is 4. The molecule has 0 radical (unpaired) electrons. The van der Waals surface area contributed by atoms with E-state index in [0.29, 0.717) is 17.1 Å². The van der Waals surface area contributed by atoms with Crippen molar-refractivity contribution in [3.63, 3.8) is 0 Å². The number of nitrogens with one attached hydrogen (secondary N) is 1. The van der Waals surface area contributed by atoms with Crippen LogP contribution in [0.15, 0.2) is 47.5 Å². The van der Waals surface area contributed by atoms with Crippen LogP contribution < -0.4 is 25.3 Å². The molecule has 0 amide bonds. The number of halogens is 3. The van der Waals surface area contributed by atoms with Gasteiger partial charge in [0.25, 0.3) is 0 Å². The van der Waals surface area contributed by atoms with Crippen LogP contribution in [-0.2, 0) is 6.54 Å². The Morgan fingerprint density at radius 1 is 1.20 bits per heavy atom. The zero-order chi connectivity index (χ0) is 16.9. The molecule has 0 aromatic heterocycles. The minimum absolute atomic E-state index is 0. The standard InChI is InChI=1S/C16H15F2N3O3.HI/c17-15(18)24-12-7-14-13(22-9-23-14)6-10(12)8-20-16(19)21-11-4-2-1-3-5-11;/h1-7,15H,8-9H2,(H3,19,20,21);1H. The van der Waals surface area contributed by atoms with Crippen LogP contribution in [0.3, 0.4) is 0 Å². The number of anilines is 1. The summed E-state index contributed by atoms with van der Waals surface area (Å²) in [6, 6.07) is 12.1. The number of ether oxygens (including phenoxy) is 3. The Bertz CT molecular complexity index is 745. The quantitative estimate of drug-likeness (QED) is 0.403. The van der Waals surface area contributed by atoms with Gasteiger partial charge in [0.05, 0.1) is 6.54 Å². The highest BCUT2D eigenvalue weighted by Gasteiger charge is 2.19. The Hall–Kier alpha value is -2.30. The Morgan fingerprint density at radius 3 is 2.56 bits per heavy atom. The van der Waals surface area contributed by atoms with Gasteiger partial charge in [0.1, 0.15) is 5.75 Å². The molecule has 0 spiro atoms. The van der Waals surface area contributed by atoms with Crippen molar-refractivity contribution in [3.8, 4) is 17.2 Å². The number of nitrogens with two attached hydrogens (primary N) is 1. The number of rotatable bonds is 5. The lowest BCUT2D eigenvalue weighted by Gasteiger charge is -2.11. The number of nitrogens with zero attached hydrogens (tertiary/aromatic N) is 1. The minimum Gasteiger partial charge on any atom is -0.454 e. The fraction of sp³-hybridized carbons (Fsp3) is 0.188. The minimum atomic E-state index is -2.95. The van der Waals surface area contributed by atoms with Crippen molar-refractivity contribution in [2.75, 3.05) is 12.1 Å².